The Hall–Kier alpha value is -0.900. The van der Waals surface area contributed by atoms with Crippen LogP contribution in [-0.2, 0) is 10.0 Å². The summed E-state index contributed by atoms with van der Waals surface area (Å²) in [5, 5.41) is 0. The minimum atomic E-state index is -3.62. The van der Waals surface area contributed by atoms with Crippen LogP contribution >= 0.6 is 38.5 Å². The van der Waals surface area contributed by atoms with Gasteiger partial charge in [-0.2, -0.15) is 4.31 Å². The Morgan fingerprint density at radius 2 is 1.88 bits per heavy atom. The fraction of sp³-hybridized carbons (Fsp3) is 0.222. The molecule has 0 saturated carbocycles. The molecule has 0 bridgehead atoms. The maximum Gasteiger partial charge on any atom is 0.244 e. The van der Waals surface area contributed by atoms with Gasteiger partial charge in [0.05, 0.1) is 18.0 Å². The average molecular weight is 534 g/mol. The van der Waals surface area contributed by atoms with E-state index in [-0.39, 0.29) is 6.04 Å². The molecule has 1 heterocycles. The van der Waals surface area contributed by atoms with Gasteiger partial charge in [-0.1, -0.05) is 45.8 Å². The lowest BCUT2D eigenvalue weighted by atomic mass is 10.1. The second kappa shape index (κ2) is 7.38. The van der Waals surface area contributed by atoms with E-state index in [1.165, 1.54) is 4.31 Å². The van der Waals surface area contributed by atoms with Crippen LogP contribution in [0.2, 0.25) is 0 Å². The van der Waals surface area contributed by atoms with E-state index in [0.717, 1.165) is 19.2 Å². The standard InChI is InChI=1S/C18H17BrINO3S/c1-12-6-8-15(9-7-12)25(22,23)21-11-16(19)17(20)18(21)13-4-3-5-14(10-13)24-2/h3-10,18H,11H2,1-2H3. The molecule has 1 aliphatic rings. The first-order chi connectivity index (χ1) is 11.8. The van der Waals surface area contributed by atoms with Crippen molar-refractivity contribution in [2.75, 3.05) is 13.7 Å². The molecule has 0 N–H and O–H groups in total. The summed E-state index contributed by atoms with van der Waals surface area (Å²) in [6.07, 6.45) is 0. The molecule has 7 heteroatoms. The van der Waals surface area contributed by atoms with Gasteiger partial charge in [0, 0.05) is 14.6 Å². The first kappa shape index (κ1) is 18.9. The van der Waals surface area contributed by atoms with E-state index < -0.39 is 10.0 Å². The number of benzene rings is 2. The predicted octanol–water partition coefficient (Wildman–Crippen LogP) is 4.79. The molecule has 25 heavy (non-hydrogen) atoms. The van der Waals surface area contributed by atoms with Crippen molar-refractivity contribution in [3.63, 3.8) is 0 Å². The molecule has 2 aromatic rings. The number of aryl methyl sites for hydroxylation is 1. The van der Waals surface area contributed by atoms with Gasteiger partial charge in [0.1, 0.15) is 5.75 Å². The third-order valence-electron chi connectivity index (χ3n) is 4.12. The van der Waals surface area contributed by atoms with Gasteiger partial charge in [0.2, 0.25) is 10.0 Å². The summed E-state index contributed by atoms with van der Waals surface area (Å²) in [6, 6.07) is 14.1. The fourth-order valence-electron chi connectivity index (χ4n) is 2.77. The van der Waals surface area contributed by atoms with Crippen molar-refractivity contribution >= 4 is 48.5 Å². The summed E-state index contributed by atoms with van der Waals surface area (Å²) < 4.78 is 35.1. The Balaban J connectivity index is 2.07. The van der Waals surface area contributed by atoms with Crippen LogP contribution < -0.4 is 4.74 Å². The summed E-state index contributed by atoms with van der Waals surface area (Å²) in [5.41, 5.74) is 1.91. The Kier molecular flexibility index (Phi) is 5.57. The van der Waals surface area contributed by atoms with Crippen molar-refractivity contribution in [2.45, 2.75) is 17.9 Å². The molecule has 132 valence electrons. The lowest BCUT2D eigenvalue weighted by molar-refractivity contribution is 0.403. The minimum absolute atomic E-state index is 0.303. The summed E-state index contributed by atoms with van der Waals surface area (Å²) in [7, 11) is -2.02. The number of hydrogen-bond donors (Lipinski definition) is 0. The molecule has 0 radical (unpaired) electrons. The van der Waals surface area contributed by atoms with Gasteiger partial charge in [-0.15, -0.1) is 0 Å². The third-order valence-corrected chi connectivity index (χ3v) is 8.60. The zero-order valence-corrected chi connectivity index (χ0v) is 18.3. The van der Waals surface area contributed by atoms with Crippen LogP contribution in [0.25, 0.3) is 0 Å². The highest BCUT2D eigenvalue weighted by molar-refractivity contribution is 14.1. The predicted molar refractivity (Wildman–Crippen MR) is 111 cm³/mol. The molecule has 1 unspecified atom stereocenters. The molecule has 0 saturated heterocycles. The van der Waals surface area contributed by atoms with Crippen LogP contribution in [0, 0.1) is 6.92 Å². The monoisotopic (exact) mass is 533 g/mol. The quantitative estimate of drug-likeness (QED) is 0.531. The van der Waals surface area contributed by atoms with Crippen molar-refractivity contribution in [3.05, 3.63) is 67.7 Å². The number of nitrogens with zero attached hydrogens (tertiary/aromatic N) is 1. The average Bonchev–Trinajstić information content (AvgIpc) is 2.91. The smallest absolute Gasteiger partial charge is 0.244 e. The number of sulfonamides is 1. The molecule has 2 aromatic carbocycles. The van der Waals surface area contributed by atoms with Crippen LogP contribution in [-0.4, -0.2) is 26.4 Å². The Morgan fingerprint density at radius 1 is 1.20 bits per heavy atom. The minimum Gasteiger partial charge on any atom is -0.497 e. The van der Waals surface area contributed by atoms with E-state index in [0.29, 0.717) is 17.2 Å². The van der Waals surface area contributed by atoms with E-state index in [9.17, 15) is 8.42 Å². The van der Waals surface area contributed by atoms with Crippen LogP contribution in [0.15, 0.2) is 61.5 Å². The second-order valence-electron chi connectivity index (χ2n) is 5.80. The highest BCUT2D eigenvalue weighted by Crippen LogP contribution is 2.46. The molecular formula is C18H17BrINO3S. The summed E-state index contributed by atoms with van der Waals surface area (Å²) >= 11 is 5.74. The lowest BCUT2D eigenvalue weighted by Gasteiger charge is -2.25. The van der Waals surface area contributed by atoms with Gasteiger partial charge in [0.15, 0.2) is 0 Å². The largest absolute Gasteiger partial charge is 0.497 e. The van der Waals surface area contributed by atoms with E-state index in [1.807, 2.05) is 43.3 Å². The topological polar surface area (TPSA) is 46.6 Å². The highest BCUT2D eigenvalue weighted by Gasteiger charge is 2.40. The summed E-state index contributed by atoms with van der Waals surface area (Å²) in [6.45, 7) is 2.25. The highest BCUT2D eigenvalue weighted by atomic mass is 127. The molecule has 0 aromatic heterocycles. The van der Waals surface area contributed by atoms with Gasteiger partial charge >= 0.3 is 0 Å². The van der Waals surface area contributed by atoms with E-state index in [2.05, 4.69) is 38.5 Å². The Bertz CT molecular complexity index is 926. The fourth-order valence-corrected chi connectivity index (χ4v) is 6.03. The van der Waals surface area contributed by atoms with E-state index in [1.54, 1.807) is 19.2 Å². The van der Waals surface area contributed by atoms with E-state index in [4.69, 9.17) is 4.74 Å². The van der Waals surface area contributed by atoms with Crippen molar-refractivity contribution in [2.24, 2.45) is 0 Å². The summed E-state index contributed by atoms with van der Waals surface area (Å²) in [5.74, 6) is 0.706. The van der Waals surface area contributed by atoms with Crippen LogP contribution in [0.4, 0.5) is 0 Å². The van der Waals surface area contributed by atoms with Crippen molar-refractivity contribution < 1.29 is 13.2 Å². The Morgan fingerprint density at radius 3 is 2.52 bits per heavy atom. The molecule has 4 nitrogen and oxygen atoms in total. The first-order valence-corrected chi connectivity index (χ1v) is 10.9. The van der Waals surface area contributed by atoms with Gasteiger partial charge in [-0.25, -0.2) is 8.42 Å². The lowest BCUT2D eigenvalue weighted by Crippen LogP contribution is -2.32. The number of rotatable bonds is 4. The van der Waals surface area contributed by atoms with Crippen LogP contribution in [0.3, 0.4) is 0 Å². The number of hydrogen-bond acceptors (Lipinski definition) is 3. The molecule has 3 rings (SSSR count). The molecule has 0 fully saturated rings. The molecule has 1 atom stereocenters. The van der Waals surface area contributed by atoms with Gasteiger partial charge < -0.3 is 4.74 Å². The molecular weight excluding hydrogens is 517 g/mol. The van der Waals surface area contributed by atoms with Crippen molar-refractivity contribution in [1.82, 2.24) is 4.31 Å². The first-order valence-electron chi connectivity index (χ1n) is 7.61. The molecule has 0 aliphatic carbocycles. The third kappa shape index (κ3) is 3.65. The van der Waals surface area contributed by atoms with Crippen LogP contribution in [0.1, 0.15) is 17.2 Å². The normalized spacial score (nSPS) is 18.6. The zero-order chi connectivity index (χ0) is 18.2. The number of ether oxygens (including phenoxy) is 1. The summed E-state index contributed by atoms with van der Waals surface area (Å²) in [4.78, 5) is 0.303. The Labute approximate surface area is 170 Å². The van der Waals surface area contributed by atoms with E-state index >= 15 is 0 Å². The van der Waals surface area contributed by atoms with Gasteiger partial charge in [-0.3, -0.25) is 0 Å². The molecule has 0 amide bonds. The van der Waals surface area contributed by atoms with Crippen molar-refractivity contribution in [1.29, 1.82) is 0 Å². The number of methoxy groups -OCH3 is 1. The van der Waals surface area contributed by atoms with Gasteiger partial charge in [0.25, 0.3) is 0 Å². The van der Waals surface area contributed by atoms with Gasteiger partial charge in [-0.05, 0) is 59.3 Å². The van der Waals surface area contributed by atoms with Crippen LogP contribution in [0.5, 0.6) is 5.75 Å². The maximum atomic E-state index is 13.2. The number of halogens is 2. The maximum absolute atomic E-state index is 13.2. The molecule has 0 spiro atoms. The van der Waals surface area contributed by atoms with Crippen molar-refractivity contribution in [3.8, 4) is 5.75 Å². The molecule has 1 aliphatic heterocycles. The zero-order valence-electron chi connectivity index (χ0n) is 13.7. The second-order valence-corrected chi connectivity index (χ2v) is 9.81. The SMILES string of the molecule is COc1cccc(C2C(I)=C(Br)CN2S(=O)(=O)c2ccc(C)cc2)c1.